The van der Waals surface area contributed by atoms with Crippen LogP contribution in [0, 0.1) is 0 Å². The van der Waals surface area contributed by atoms with E-state index in [4.69, 9.17) is 5.73 Å². The number of amides is 3. The molecule has 0 bridgehead atoms. The number of hydrogen-bond acceptors (Lipinski definition) is 4. The zero-order valence-electron chi connectivity index (χ0n) is 11.6. The van der Waals surface area contributed by atoms with Crippen molar-refractivity contribution in [2.75, 3.05) is 6.54 Å². The molecule has 0 saturated carbocycles. The lowest BCUT2D eigenvalue weighted by Gasteiger charge is -2.15. The maximum Gasteiger partial charge on any atom is 0.242 e. The Morgan fingerprint density at radius 1 is 1.37 bits per heavy atom. The molecular formula is C13H22N2O3S. The van der Waals surface area contributed by atoms with Crippen molar-refractivity contribution < 1.29 is 14.4 Å². The number of hydrogen-bond donors (Lipinski definition) is 1. The molecule has 1 fully saturated rings. The number of nitrogens with two attached hydrogens (primary N) is 1. The van der Waals surface area contributed by atoms with Crippen molar-refractivity contribution in [2.24, 2.45) is 5.73 Å². The number of nitrogens with zero attached hydrogens (tertiary/aromatic N) is 1. The first-order chi connectivity index (χ1) is 8.91. The van der Waals surface area contributed by atoms with Gasteiger partial charge in [0, 0.05) is 19.4 Å². The van der Waals surface area contributed by atoms with E-state index in [0.29, 0.717) is 24.6 Å². The van der Waals surface area contributed by atoms with Gasteiger partial charge in [0.15, 0.2) is 0 Å². The maximum atomic E-state index is 12.0. The summed E-state index contributed by atoms with van der Waals surface area (Å²) in [6.07, 6.45) is 2.96. The second-order valence-corrected chi connectivity index (χ2v) is 6.82. The van der Waals surface area contributed by atoms with E-state index in [-0.39, 0.29) is 23.0 Å². The standard InChI is InChI=1S/C13H22N2O3S/c1-9(2)19-10-8-12(17)15(13(10)18)7-5-3-4-6-11(14)16/h9-10H,3-8H2,1-2H3,(H2,14,16). The highest BCUT2D eigenvalue weighted by Crippen LogP contribution is 2.28. The van der Waals surface area contributed by atoms with E-state index in [0.717, 1.165) is 19.3 Å². The normalized spacial score (nSPS) is 19.5. The number of rotatable bonds is 8. The van der Waals surface area contributed by atoms with E-state index < -0.39 is 0 Å². The molecule has 1 aliphatic heterocycles. The Labute approximate surface area is 118 Å². The fraction of sp³-hybridized carbons (Fsp3) is 0.769. The molecule has 1 atom stereocenters. The van der Waals surface area contributed by atoms with Gasteiger partial charge in [-0.25, -0.2) is 0 Å². The molecule has 0 aliphatic carbocycles. The lowest BCUT2D eigenvalue weighted by molar-refractivity contribution is -0.138. The van der Waals surface area contributed by atoms with Crippen molar-refractivity contribution in [3.8, 4) is 0 Å². The van der Waals surface area contributed by atoms with Crippen LogP contribution in [0.1, 0.15) is 46.0 Å². The molecule has 0 radical (unpaired) electrons. The van der Waals surface area contributed by atoms with Crippen LogP contribution >= 0.6 is 11.8 Å². The molecule has 0 aromatic carbocycles. The van der Waals surface area contributed by atoms with E-state index in [1.54, 1.807) is 11.8 Å². The van der Waals surface area contributed by atoms with Crippen LogP contribution in [-0.4, -0.2) is 39.7 Å². The van der Waals surface area contributed by atoms with Gasteiger partial charge < -0.3 is 5.73 Å². The topological polar surface area (TPSA) is 80.5 Å². The van der Waals surface area contributed by atoms with Crippen molar-refractivity contribution in [1.29, 1.82) is 0 Å². The molecule has 19 heavy (non-hydrogen) atoms. The minimum atomic E-state index is -0.304. The monoisotopic (exact) mass is 286 g/mol. The Hall–Kier alpha value is -1.04. The lowest BCUT2D eigenvalue weighted by atomic mass is 10.2. The molecule has 6 heteroatoms. The molecule has 3 amide bonds. The Kier molecular flexibility index (Phi) is 6.34. The second kappa shape index (κ2) is 7.53. The molecule has 1 aliphatic rings. The van der Waals surface area contributed by atoms with Gasteiger partial charge in [0.25, 0.3) is 0 Å². The van der Waals surface area contributed by atoms with Crippen molar-refractivity contribution in [1.82, 2.24) is 4.90 Å². The van der Waals surface area contributed by atoms with Crippen molar-refractivity contribution >= 4 is 29.5 Å². The van der Waals surface area contributed by atoms with Crippen LogP contribution in [0.2, 0.25) is 0 Å². The third-order valence-corrected chi connectivity index (χ3v) is 4.19. The zero-order chi connectivity index (χ0) is 14.4. The highest BCUT2D eigenvalue weighted by Gasteiger charge is 2.38. The fourth-order valence-electron chi connectivity index (χ4n) is 2.07. The smallest absolute Gasteiger partial charge is 0.242 e. The van der Waals surface area contributed by atoms with E-state index in [9.17, 15) is 14.4 Å². The van der Waals surface area contributed by atoms with Crippen molar-refractivity contribution in [3.05, 3.63) is 0 Å². The molecule has 2 N–H and O–H groups in total. The van der Waals surface area contributed by atoms with Gasteiger partial charge in [0.1, 0.15) is 0 Å². The summed E-state index contributed by atoms with van der Waals surface area (Å²) in [5, 5.41) is 0.135. The van der Waals surface area contributed by atoms with Gasteiger partial charge in [-0.05, 0) is 18.1 Å². The SMILES string of the molecule is CC(C)SC1CC(=O)N(CCCCCC(N)=O)C1=O. The van der Waals surface area contributed by atoms with Gasteiger partial charge >= 0.3 is 0 Å². The quantitative estimate of drug-likeness (QED) is 0.539. The average Bonchev–Trinajstić information content (AvgIpc) is 2.54. The first kappa shape index (κ1) is 16.0. The molecule has 0 aromatic heterocycles. The van der Waals surface area contributed by atoms with Crippen molar-refractivity contribution in [2.45, 2.75) is 56.5 Å². The average molecular weight is 286 g/mol. The molecular weight excluding hydrogens is 264 g/mol. The molecule has 108 valence electrons. The summed E-state index contributed by atoms with van der Waals surface area (Å²) < 4.78 is 0. The largest absolute Gasteiger partial charge is 0.370 e. The van der Waals surface area contributed by atoms with Crippen LogP contribution in [0.5, 0.6) is 0 Å². The Morgan fingerprint density at radius 2 is 2.05 bits per heavy atom. The number of carbonyl (C=O) groups is 3. The van der Waals surface area contributed by atoms with E-state index >= 15 is 0 Å². The maximum absolute atomic E-state index is 12.0. The summed E-state index contributed by atoms with van der Waals surface area (Å²) in [5.74, 6) is -0.432. The summed E-state index contributed by atoms with van der Waals surface area (Å²) in [5.41, 5.74) is 5.05. The van der Waals surface area contributed by atoms with E-state index in [2.05, 4.69) is 0 Å². The number of carbonyl (C=O) groups excluding carboxylic acids is 3. The van der Waals surface area contributed by atoms with Gasteiger partial charge in [-0.1, -0.05) is 20.3 Å². The molecule has 0 aromatic rings. The molecule has 1 unspecified atom stereocenters. The predicted molar refractivity (Wildman–Crippen MR) is 75.5 cm³/mol. The summed E-state index contributed by atoms with van der Waals surface area (Å²) in [6.45, 7) is 4.51. The van der Waals surface area contributed by atoms with Crippen LogP contribution in [0.4, 0.5) is 0 Å². The highest BCUT2D eigenvalue weighted by molar-refractivity contribution is 8.01. The molecule has 5 nitrogen and oxygen atoms in total. The first-order valence-corrected chi connectivity index (χ1v) is 7.64. The number of imide groups is 1. The summed E-state index contributed by atoms with van der Waals surface area (Å²) in [7, 11) is 0. The first-order valence-electron chi connectivity index (χ1n) is 6.69. The Morgan fingerprint density at radius 3 is 2.63 bits per heavy atom. The van der Waals surface area contributed by atoms with Crippen LogP contribution < -0.4 is 5.73 Å². The van der Waals surface area contributed by atoms with Gasteiger partial charge in [-0.2, -0.15) is 0 Å². The Bertz CT molecular complexity index is 358. The van der Waals surface area contributed by atoms with Crippen LogP contribution in [0.25, 0.3) is 0 Å². The van der Waals surface area contributed by atoms with Gasteiger partial charge in [-0.15, -0.1) is 11.8 Å². The summed E-state index contributed by atoms with van der Waals surface area (Å²) in [4.78, 5) is 35.7. The third-order valence-electron chi connectivity index (χ3n) is 2.94. The van der Waals surface area contributed by atoms with Gasteiger partial charge in [-0.3, -0.25) is 19.3 Å². The predicted octanol–water partition coefficient (Wildman–Crippen LogP) is 1.30. The Balaban J connectivity index is 2.31. The van der Waals surface area contributed by atoms with Crippen molar-refractivity contribution in [3.63, 3.8) is 0 Å². The third kappa shape index (κ3) is 5.22. The zero-order valence-corrected chi connectivity index (χ0v) is 12.4. The van der Waals surface area contributed by atoms with Crippen LogP contribution in [0.15, 0.2) is 0 Å². The highest BCUT2D eigenvalue weighted by atomic mass is 32.2. The minimum Gasteiger partial charge on any atom is -0.370 e. The lowest BCUT2D eigenvalue weighted by Crippen LogP contribution is -2.32. The fourth-order valence-corrected chi connectivity index (χ4v) is 3.21. The second-order valence-electron chi connectivity index (χ2n) is 5.04. The van der Waals surface area contributed by atoms with Crippen LogP contribution in [0.3, 0.4) is 0 Å². The number of primary amides is 1. The summed E-state index contributed by atoms with van der Waals surface area (Å²) >= 11 is 1.55. The minimum absolute atomic E-state index is 0.0569. The molecule has 1 heterocycles. The van der Waals surface area contributed by atoms with E-state index in [1.165, 1.54) is 4.90 Å². The molecule has 1 saturated heterocycles. The van der Waals surface area contributed by atoms with Gasteiger partial charge in [0.05, 0.1) is 5.25 Å². The van der Waals surface area contributed by atoms with Crippen LogP contribution in [-0.2, 0) is 14.4 Å². The molecule has 1 rings (SSSR count). The summed E-state index contributed by atoms with van der Waals surface area (Å²) in [6, 6.07) is 0. The number of likely N-dealkylation sites (tertiary alicyclic amines) is 1. The number of unbranched alkanes of at least 4 members (excludes halogenated alkanes) is 2. The van der Waals surface area contributed by atoms with E-state index in [1.807, 2.05) is 13.8 Å². The number of thioether (sulfide) groups is 1. The van der Waals surface area contributed by atoms with Gasteiger partial charge in [0.2, 0.25) is 17.7 Å². The molecule has 0 spiro atoms.